The molecular formula is C11H14ClN3O3. The van der Waals surface area contributed by atoms with Crippen LogP contribution in [0.25, 0.3) is 0 Å². The Labute approximate surface area is 110 Å². The van der Waals surface area contributed by atoms with Crippen LogP contribution < -0.4 is 5.32 Å². The quantitative estimate of drug-likeness (QED) is 0.621. The zero-order valence-electron chi connectivity index (χ0n) is 9.98. The Hall–Kier alpha value is -1.69. The van der Waals surface area contributed by atoms with E-state index >= 15 is 0 Å². The molecule has 18 heavy (non-hydrogen) atoms. The Bertz CT molecular complexity index is 408. The van der Waals surface area contributed by atoms with Crippen LogP contribution in [0.2, 0.25) is 5.15 Å². The number of esters is 1. The molecule has 0 radical (unpaired) electrons. The normalized spacial score (nSPS) is 9.89. The fourth-order valence-electron chi connectivity index (χ4n) is 1.20. The van der Waals surface area contributed by atoms with Crippen LogP contribution in [0.1, 0.15) is 30.3 Å². The highest BCUT2D eigenvalue weighted by atomic mass is 35.5. The number of hydrogen-bond donors (Lipinski definition) is 1. The van der Waals surface area contributed by atoms with Crippen molar-refractivity contribution < 1.29 is 14.3 Å². The maximum absolute atomic E-state index is 11.6. The third-order valence-electron chi connectivity index (χ3n) is 2.01. The van der Waals surface area contributed by atoms with Gasteiger partial charge in [0.15, 0.2) is 10.8 Å². The lowest BCUT2D eigenvalue weighted by Crippen LogP contribution is -2.26. The van der Waals surface area contributed by atoms with Gasteiger partial charge in [-0.3, -0.25) is 9.59 Å². The van der Waals surface area contributed by atoms with E-state index in [1.54, 1.807) is 6.92 Å². The van der Waals surface area contributed by atoms with E-state index in [2.05, 4.69) is 15.5 Å². The molecule has 1 heterocycles. The van der Waals surface area contributed by atoms with Crippen molar-refractivity contribution >= 4 is 23.5 Å². The molecular weight excluding hydrogens is 258 g/mol. The van der Waals surface area contributed by atoms with Gasteiger partial charge in [0.2, 0.25) is 0 Å². The molecule has 0 saturated heterocycles. The second-order valence-electron chi connectivity index (χ2n) is 3.41. The molecule has 6 nitrogen and oxygen atoms in total. The topological polar surface area (TPSA) is 81.2 Å². The van der Waals surface area contributed by atoms with Crippen molar-refractivity contribution in [3.8, 4) is 0 Å². The SMILES string of the molecule is CCOC(=O)CCCNC(=O)c1ccc(Cl)nn1. The van der Waals surface area contributed by atoms with Gasteiger partial charge in [-0.25, -0.2) is 0 Å². The van der Waals surface area contributed by atoms with Crippen LogP contribution in [0.3, 0.4) is 0 Å². The molecule has 0 aliphatic carbocycles. The second kappa shape index (κ2) is 7.60. The lowest BCUT2D eigenvalue weighted by Gasteiger charge is -2.04. The van der Waals surface area contributed by atoms with Gasteiger partial charge in [-0.15, -0.1) is 10.2 Å². The molecule has 0 fully saturated rings. The highest BCUT2D eigenvalue weighted by molar-refractivity contribution is 6.29. The van der Waals surface area contributed by atoms with E-state index in [9.17, 15) is 9.59 Å². The van der Waals surface area contributed by atoms with Crippen molar-refractivity contribution in [2.24, 2.45) is 0 Å². The van der Waals surface area contributed by atoms with Gasteiger partial charge in [0.25, 0.3) is 5.91 Å². The highest BCUT2D eigenvalue weighted by Crippen LogP contribution is 2.02. The summed E-state index contributed by atoms with van der Waals surface area (Å²) >= 11 is 5.55. The molecule has 0 aliphatic heterocycles. The van der Waals surface area contributed by atoms with Gasteiger partial charge in [-0.2, -0.15) is 0 Å². The number of rotatable bonds is 6. The molecule has 1 rings (SSSR count). The molecule has 7 heteroatoms. The summed E-state index contributed by atoms with van der Waals surface area (Å²) in [6, 6.07) is 2.97. The standard InChI is InChI=1S/C11H14ClN3O3/c1-2-18-10(16)4-3-7-13-11(17)8-5-6-9(12)15-14-8/h5-6H,2-4,7H2,1H3,(H,13,17). The molecule has 98 valence electrons. The summed E-state index contributed by atoms with van der Waals surface area (Å²) in [4.78, 5) is 22.6. The fourth-order valence-corrected chi connectivity index (χ4v) is 1.30. The molecule has 0 unspecified atom stereocenters. The largest absolute Gasteiger partial charge is 0.466 e. The number of nitrogens with zero attached hydrogens (tertiary/aromatic N) is 2. The van der Waals surface area contributed by atoms with Crippen LogP contribution in [0.4, 0.5) is 0 Å². The van der Waals surface area contributed by atoms with E-state index < -0.39 is 0 Å². The van der Waals surface area contributed by atoms with Gasteiger partial charge < -0.3 is 10.1 Å². The van der Waals surface area contributed by atoms with Crippen molar-refractivity contribution in [1.82, 2.24) is 15.5 Å². The van der Waals surface area contributed by atoms with Crippen molar-refractivity contribution in [2.75, 3.05) is 13.2 Å². The maximum Gasteiger partial charge on any atom is 0.305 e. The molecule has 0 aliphatic rings. The fraction of sp³-hybridized carbons (Fsp3) is 0.455. The molecule has 1 amide bonds. The van der Waals surface area contributed by atoms with Gasteiger partial charge in [0.05, 0.1) is 6.61 Å². The Morgan fingerprint density at radius 2 is 2.17 bits per heavy atom. The summed E-state index contributed by atoms with van der Waals surface area (Å²) in [6.07, 6.45) is 0.798. The summed E-state index contributed by atoms with van der Waals surface area (Å²) in [7, 11) is 0. The Morgan fingerprint density at radius 3 is 2.78 bits per heavy atom. The monoisotopic (exact) mass is 271 g/mol. The first-order valence-electron chi connectivity index (χ1n) is 5.56. The van der Waals surface area contributed by atoms with E-state index in [0.29, 0.717) is 19.6 Å². The minimum Gasteiger partial charge on any atom is -0.466 e. The summed E-state index contributed by atoms with van der Waals surface area (Å²) in [5.41, 5.74) is 0.190. The van der Waals surface area contributed by atoms with Crippen LogP contribution in [0, 0.1) is 0 Å². The van der Waals surface area contributed by atoms with Crippen LogP contribution in [-0.2, 0) is 9.53 Å². The first kappa shape index (κ1) is 14.4. The van der Waals surface area contributed by atoms with Gasteiger partial charge in [-0.1, -0.05) is 11.6 Å². The lowest BCUT2D eigenvalue weighted by molar-refractivity contribution is -0.143. The number of carbonyl (C=O) groups is 2. The van der Waals surface area contributed by atoms with E-state index in [1.165, 1.54) is 12.1 Å². The number of hydrogen-bond acceptors (Lipinski definition) is 5. The molecule has 0 atom stereocenters. The van der Waals surface area contributed by atoms with Crippen molar-refractivity contribution in [3.05, 3.63) is 23.0 Å². The number of halogens is 1. The number of nitrogens with one attached hydrogen (secondary N) is 1. The summed E-state index contributed by atoms with van der Waals surface area (Å²) in [5.74, 6) is -0.610. The van der Waals surface area contributed by atoms with E-state index in [-0.39, 0.29) is 29.1 Å². The van der Waals surface area contributed by atoms with Crippen molar-refractivity contribution in [2.45, 2.75) is 19.8 Å². The van der Waals surface area contributed by atoms with Gasteiger partial charge in [0, 0.05) is 13.0 Å². The zero-order valence-corrected chi connectivity index (χ0v) is 10.7. The maximum atomic E-state index is 11.6. The molecule has 0 aromatic carbocycles. The second-order valence-corrected chi connectivity index (χ2v) is 3.79. The van der Waals surface area contributed by atoms with Crippen molar-refractivity contribution in [3.63, 3.8) is 0 Å². The van der Waals surface area contributed by atoms with Gasteiger partial charge in [0.1, 0.15) is 0 Å². The Balaban J connectivity index is 2.25. The number of amides is 1. The number of aromatic nitrogens is 2. The minimum absolute atomic E-state index is 0.190. The average molecular weight is 272 g/mol. The van der Waals surface area contributed by atoms with E-state index in [4.69, 9.17) is 16.3 Å². The predicted octanol–water partition coefficient (Wildman–Crippen LogP) is 1.20. The smallest absolute Gasteiger partial charge is 0.305 e. The lowest BCUT2D eigenvalue weighted by atomic mass is 10.3. The van der Waals surface area contributed by atoms with Gasteiger partial charge >= 0.3 is 5.97 Å². The zero-order chi connectivity index (χ0) is 13.4. The molecule has 1 aromatic heterocycles. The summed E-state index contributed by atoms with van der Waals surface area (Å²) in [5, 5.41) is 10.1. The predicted molar refractivity (Wildman–Crippen MR) is 65.2 cm³/mol. The van der Waals surface area contributed by atoms with E-state index in [1.807, 2.05) is 0 Å². The van der Waals surface area contributed by atoms with Crippen LogP contribution in [0.5, 0.6) is 0 Å². The molecule has 0 spiro atoms. The third-order valence-corrected chi connectivity index (χ3v) is 2.21. The molecule has 0 bridgehead atoms. The Kier molecular flexibility index (Phi) is 6.07. The first-order chi connectivity index (χ1) is 8.63. The third kappa shape index (κ3) is 5.09. The van der Waals surface area contributed by atoms with Crippen LogP contribution >= 0.6 is 11.6 Å². The first-order valence-corrected chi connectivity index (χ1v) is 5.94. The van der Waals surface area contributed by atoms with Crippen LogP contribution in [-0.4, -0.2) is 35.2 Å². The van der Waals surface area contributed by atoms with Crippen LogP contribution in [0.15, 0.2) is 12.1 Å². The van der Waals surface area contributed by atoms with Gasteiger partial charge in [-0.05, 0) is 25.5 Å². The Morgan fingerprint density at radius 1 is 1.39 bits per heavy atom. The summed E-state index contributed by atoms with van der Waals surface area (Å²) < 4.78 is 4.76. The van der Waals surface area contributed by atoms with E-state index in [0.717, 1.165) is 0 Å². The van der Waals surface area contributed by atoms with Crippen molar-refractivity contribution in [1.29, 1.82) is 0 Å². The molecule has 0 saturated carbocycles. The highest BCUT2D eigenvalue weighted by Gasteiger charge is 2.07. The minimum atomic E-state index is -0.344. The number of carbonyl (C=O) groups excluding carboxylic acids is 2. The molecule has 1 N–H and O–H groups in total. The number of ether oxygens (including phenoxy) is 1. The molecule has 1 aromatic rings. The summed E-state index contributed by atoms with van der Waals surface area (Å²) in [6.45, 7) is 2.49. The average Bonchev–Trinajstić information content (AvgIpc) is 2.35.